The Balaban J connectivity index is 1.79. The molecule has 5 nitrogen and oxygen atoms in total. The number of carbonyl (C=O) groups is 1. The molecule has 1 saturated heterocycles. The summed E-state index contributed by atoms with van der Waals surface area (Å²) in [6.45, 7) is 2.38. The lowest BCUT2D eigenvalue weighted by molar-refractivity contribution is -0.117. The molecule has 2 atom stereocenters. The second-order valence-corrected chi connectivity index (χ2v) is 9.60. The smallest absolute Gasteiger partial charge is 0.244 e. The first-order chi connectivity index (χ1) is 13.9. The number of nitrogens with one attached hydrogen (secondary N) is 1. The van der Waals surface area contributed by atoms with Crippen molar-refractivity contribution in [1.29, 1.82) is 5.41 Å². The zero-order valence-electron chi connectivity index (χ0n) is 16.3. The number of benzene rings is 2. The third-order valence-electron chi connectivity index (χ3n) is 5.43. The molecule has 2 aromatic carbocycles. The second kappa shape index (κ2) is 9.20. The lowest BCUT2D eigenvalue weighted by atomic mass is 9.83. The first-order valence-corrected chi connectivity index (χ1v) is 11.6. The summed E-state index contributed by atoms with van der Waals surface area (Å²) in [5.41, 5.74) is 0.991. The van der Waals surface area contributed by atoms with E-state index < -0.39 is 15.9 Å². The van der Waals surface area contributed by atoms with Gasteiger partial charge in [-0.05, 0) is 37.0 Å². The van der Waals surface area contributed by atoms with E-state index in [4.69, 9.17) is 17.0 Å². The highest BCUT2D eigenvalue weighted by atomic mass is 35.5. The molecule has 7 heteroatoms. The quantitative estimate of drug-likeness (QED) is 0.653. The van der Waals surface area contributed by atoms with Crippen molar-refractivity contribution in [3.05, 3.63) is 65.2 Å². The first-order valence-electron chi connectivity index (χ1n) is 9.78. The Morgan fingerprint density at radius 2 is 1.83 bits per heavy atom. The number of carbonyl (C=O) groups excluding carboxylic acids is 1. The van der Waals surface area contributed by atoms with Gasteiger partial charge in [0.15, 0.2) is 5.78 Å². The minimum absolute atomic E-state index is 0.0561. The fourth-order valence-electron chi connectivity index (χ4n) is 3.85. The second-order valence-electron chi connectivity index (χ2n) is 7.28. The van der Waals surface area contributed by atoms with Crippen molar-refractivity contribution >= 4 is 33.1 Å². The van der Waals surface area contributed by atoms with Crippen molar-refractivity contribution < 1.29 is 13.2 Å². The summed E-state index contributed by atoms with van der Waals surface area (Å²) in [5.74, 6) is -1.05. The van der Waals surface area contributed by atoms with Gasteiger partial charge < -0.3 is 5.41 Å². The Labute approximate surface area is 177 Å². The molecule has 1 N–H and O–H groups in total. The first kappa shape index (κ1) is 21.7. The molecule has 0 amide bonds. The minimum atomic E-state index is -3.78. The van der Waals surface area contributed by atoms with Crippen molar-refractivity contribution in [3.8, 4) is 0 Å². The van der Waals surface area contributed by atoms with E-state index in [9.17, 15) is 13.2 Å². The summed E-state index contributed by atoms with van der Waals surface area (Å²) in [6, 6.07) is 15.9. The highest BCUT2D eigenvalue weighted by Gasteiger charge is 2.36. The van der Waals surface area contributed by atoms with Crippen molar-refractivity contribution in [3.63, 3.8) is 0 Å². The van der Waals surface area contributed by atoms with Gasteiger partial charge in [-0.1, -0.05) is 61.0 Å². The summed E-state index contributed by atoms with van der Waals surface area (Å²) in [4.78, 5) is 13.1. The molecule has 1 fully saturated rings. The fraction of sp³-hybridized carbons (Fsp3) is 0.364. The van der Waals surface area contributed by atoms with E-state index in [2.05, 4.69) is 0 Å². The third-order valence-corrected chi connectivity index (χ3v) is 7.80. The predicted molar refractivity (Wildman–Crippen MR) is 115 cm³/mol. The Morgan fingerprint density at radius 1 is 1.17 bits per heavy atom. The topological polar surface area (TPSA) is 78.3 Å². The maximum Gasteiger partial charge on any atom is 0.244 e. The van der Waals surface area contributed by atoms with Crippen molar-refractivity contribution in [2.24, 2.45) is 5.92 Å². The number of sulfonamides is 1. The number of hydrogen-bond acceptors (Lipinski definition) is 4. The zero-order valence-corrected chi connectivity index (χ0v) is 17.9. The summed E-state index contributed by atoms with van der Waals surface area (Å²) in [7, 11) is -3.78. The lowest BCUT2D eigenvalue weighted by Gasteiger charge is -2.32. The van der Waals surface area contributed by atoms with E-state index in [0.717, 1.165) is 5.56 Å². The van der Waals surface area contributed by atoms with Gasteiger partial charge in [0.05, 0.1) is 10.7 Å². The number of nitrogens with zero attached hydrogens (tertiary/aromatic N) is 1. The molecule has 29 heavy (non-hydrogen) atoms. The van der Waals surface area contributed by atoms with Crippen LogP contribution in [0.25, 0.3) is 0 Å². The highest BCUT2D eigenvalue weighted by molar-refractivity contribution is 7.89. The lowest BCUT2D eigenvalue weighted by Crippen LogP contribution is -2.44. The van der Waals surface area contributed by atoms with E-state index in [1.165, 1.54) is 10.4 Å². The Morgan fingerprint density at radius 3 is 2.48 bits per heavy atom. The van der Waals surface area contributed by atoms with Crippen LogP contribution in [0.2, 0.25) is 5.02 Å². The van der Waals surface area contributed by atoms with Crippen LogP contribution in [-0.2, 0) is 14.8 Å². The minimum Gasteiger partial charge on any atom is -0.301 e. The molecule has 2 unspecified atom stereocenters. The molecule has 0 aromatic heterocycles. The molecule has 1 aliphatic heterocycles. The number of rotatable bonds is 7. The number of ketones is 1. The van der Waals surface area contributed by atoms with E-state index in [0.29, 0.717) is 25.8 Å². The number of Topliss-reactive ketones (excluding diaryl/α,β-unsaturated/α-hetero) is 1. The van der Waals surface area contributed by atoms with Gasteiger partial charge in [0.2, 0.25) is 10.0 Å². The summed E-state index contributed by atoms with van der Waals surface area (Å²) in [5, 5.41) is 8.68. The molecule has 0 saturated carbocycles. The van der Waals surface area contributed by atoms with E-state index in [-0.39, 0.29) is 33.9 Å². The largest absolute Gasteiger partial charge is 0.301 e. The average Bonchev–Trinajstić information content (AvgIpc) is 2.74. The van der Waals surface area contributed by atoms with Crippen LogP contribution in [0.4, 0.5) is 0 Å². The van der Waals surface area contributed by atoms with Crippen LogP contribution < -0.4 is 0 Å². The molecule has 0 spiro atoms. The number of piperidine rings is 1. The van der Waals surface area contributed by atoms with Crippen molar-refractivity contribution in [2.45, 2.75) is 37.0 Å². The Kier molecular flexibility index (Phi) is 6.88. The molecule has 3 rings (SSSR count). The standard InChI is InChI=1S/C22H25ClN2O3S/c1-2-18(16-9-4-3-5-10-16)21(24)22(26)17-11-8-14-25(15-17)29(27,28)20-13-7-6-12-19(20)23/h3-7,9-10,12-13,17-18,24H,2,8,11,14-15H2,1H3. The average molecular weight is 433 g/mol. The van der Waals surface area contributed by atoms with Crippen LogP contribution in [0.1, 0.15) is 37.7 Å². The van der Waals surface area contributed by atoms with E-state index in [1.807, 2.05) is 37.3 Å². The van der Waals surface area contributed by atoms with E-state index >= 15 is 0 Å². The fourth-order valence-corrected chi connectivity index (χ4v) is 5.87. The number of halogens is 1. The molecule has 1 aliphatic rings. The molecular weight excluding hydrogens is 408 g/mol. The summed E-state index contributed by atoms with van der Waals surface area (Å²) in [6.07, 6.45) is 1.80. The molecular formula is C22H25ClN2O3S. The molecule has 1 heterocycles. The van der Waals surface area contributed by atoms with Crippen LogP contribution in [0.5, 0.6) is 0 Å². The molecule has 154 valence electrons. The number of hydrogen-bond donors (Lipinski definition) is 1. The van der Waals surface area contributed by atoms with E-state index in [1.54, 1.807) is 18.2 Å². The molecule has 0 bridgehead atoms. The van der Waals surface area contributed by atoms with Crippen LogP contribution in [0, 0.1) is 11.3 Å². The van der Waals surface area contributed by atoms with Crippen LogP contribution >= 0.6 is 11.6 Å². The SMILES string of the molecule is CCC(C(=N)C(=O)C1CCCN(S(=O)(=O)c2ccccc2Cl)C1)c1ccccc1. The van der Waals surface area contributed by atoms with Gasteiger partial charge in [0, 0.05) is 24.9 Å². The van der Waals surface area contributed by atoms with Gasteiger partial charge in [0.25, 0.3) is 0 Å². The normalized spacial score (nSPS) is 18.9. The molecule has 0 aliphatic carbocycles. The van der Waals surface area contributed by atoms with Gasteiger partial charge in [-0.2, -0.15) is 4.31 Å². The summed E-state index contributed by atoms with van der Waals surface area (Å²) >= 11 is 6.10. The van der Waals surface area contributed by atoms with Gasteiger partial charge in [0.1, 0.15) is 4.90 Å². The van der Waals surface area contributed by atoms with Gasteiger partial charge >= 0.3 is 0 Å². The highest BCUT2D eigenvalue weighted by Crippen LogP contribution is 2.30. The van der Waals surface area contributed by atoms with Crippen LogP contribution in [-0.4, -0.2) is 37.3 Å². The summed E-state index contributed by atoms with van der Waals surface area (Å²) < 4.78 is 27.4. The van der Waals surface area contributed by atoms with Crippen molar-refractivity contribution in [2.75, 3.05) is 13.1 Å². The van der Waals surface area contributed by atoms with Crippen LogP contribution in [0.3, 0.4) is 0 Å². The Hall–Kier alpha value is -2.02. The Bertz CT molecular complexity index is 992. The maximum absolute atomic E-state index is 13.1. The third kappa shape index (κ3) is 4.60. The predicted octanol–water partition coefficient (Wildman–Crippen LogP) is 4.52. The van der Waals surface area contributed by atoms with Gasteiger partial charge in [-0.15, -0.1) is 0 Å². The van der Waals surface area contributed by atoms with Crippen LogP contribution in [0.15, 0.2) is 59.5 Å². The maximum atomic E-state index is 13.1. The van der Waals surface area contributed by atoms with Gasteiger partial charge in [-0.25, -0.2) is 8.42 Å². The van der Waals surface area contributed by atoms with Gasteiger partial charge in [-0.3, -0.25) is 4.79 Å². The van der Waals surface area contributed by atoms with Crippen molar-refractivity contribution in [1.82, 2.24) is 4.31 Å². The monoisotopic (exact) mass is 432 g/mol. The zero-order chi connectivity index (χ0) is 21.0. The molecule has 2 aromatic rings. The molecule has 0 radical (unpaired) electrons.